The van der Waals surface area contributed by atoms with Crippen molar-refractivity contribution in [2.24, 2.45) is 19.2 Å². The van der Waals surface area contributed by atoms with Crippen molar-refractivity contribution >= 4 is 40.6 Å². The number of fused-ring (bicyclic) bond motifs is 1. The summed E-state index contributed by atoms with van der Waals surface area (Å²) in [5, 5.41) is 14.6. The number of aryl methyl sites for hydroxylation is 1. The molecule has 0 saturated carbocycles. The predicted molar refractivity (Wildman–Crippen MR) is 104 cm³/mol. The first-order valence-electron chi connectivity index (χ1n) is 8.07. The largest absolute Gasteiger partial charge is 0.332 e. The number of benzene rings is 1. The number of carbonyl (C=O) groups excluding carboxylic acids is 1. The number of imidazole rings is 1. The van der Waals surface area contributed by atoms with Gasteiger partial charge in [0.1, 0.15) is 11.6 Å². The standard InChI is InChI=1S/C16H14ClN7O5/c1-21-14-13(15(26)22(2)16(21)27)23(8-18-14)7-12(25)20-19-6-9-3-4-10(17)11(5-9)24(28)29/h3-6,8H,7H2,1-2H3,(H,20,25)/b19-6-. The summed E-state index contributed by atoms with van der Waals surface area (Å²) in [6.07, 6.45) is 2.49. The number of halogens is 1. The average molecular weight is 420 g/mol. The van der Waals surface area contributed by atoms with Gasteiger partial charge in [-0.3, -0.25) is 28.8 Å². The lowest BCUT2D eigenvalue weighted by atomic mass is 10.2. The zero-order valence-corrected chi connectivity index (χ0v) is 16.0. The van der Waals surface area contributed by atoms with E-state index in [-0.39, 0.29) is 28.4 Å². The van der Waals surface area contributed by atoms with Crippen LogP contribution in [0.1, 0.15) is 5.56 Å². The zero-order valence-electron chi connectivity index (χ0n) is 15.2. The van der Waals surface area contributed by atoms with Crippen molar-refractivity contribution in [1.82, 2.24) is 24.1 Å². The Hall–Kier alpha value is -3.80. The van der Waals surface area contributed by atoms with Gasteiger partial charge < -0.3 is 4.57 Å². The fourth-order valence-corrected chi connectivity index (χ4v) is 2.82. The monoisotopic (exact) mass is 419 g/mol. The van der Waals surface area contributed by atoms with Gasteiger partial charge in [-0.25, -0.2) is 15.2 Å². The number of nitrogens with zero attached hydrogens (tertiary/aromatic N) is 6. The molecule has 0 aliphatic heterocycles. The van der Waals surface area contributed by atoms with Crippen LogP contribution in [0.4, 0.5) is 5.69 Å². The van der Waals surface area contributed by atoms with Crippen LogP contribution in [-0.4, -0.2) is 35.7 Å². The van der Waals surface area contributed by atoms with Gasteiger partial charge in [0.05, 0.1) is 17.5 Å². The van der Waals surface area contributed by atoms with Crippen molar-refractivity contribution in [3.8, 4) is 0 Å². The Labute approximate surface area is 166 Å². The lowest BCUT2D eigenvalue weighted by molar-refractivity contribution is -0.384. The van der Waals surface area contributed by atoms with Gasteiger partial charge in [-0.05, 0) is 6.07 Å². The van der Waals surface area contributed by atoms with Crippen molar-refractivity contribution < 1.29 is 9.72 Å². The quantitative estimate of drug-likeness (QED) is 0.353. The minimum Gasteiger partial charge on any atom is -0.315 e. The summed E-state index contributed by atoms with van der Waals surface area (Å²) in [6.45, 7) is -0.276. The predicted octanol–water partition coefficient (Wildman–Crippen LogP) is 0.146. The number of carbonyl (C=O) groups is 1. The van der Waals surface area contributed by atoms with Gasteiger partial charge in [-0.1, -0.05) is 17.7 Å². The molecule has 0 fully saturated rings. The minimum atomic E-state index is -0.629. The van der Waals surface area contributed by atoms with E-state index in [9.17, 15) is 24.5 Å². The molecule has 0 bridgehead atoms. The molecule has 0 atom stereocenters. The Morgan fingerprint density at radius 1 is 1.34 bits per heavy atom. The van der Waals surface area contributed by atoms with E-state index < -0.39 is 22.1 Å². The van der Waals surface area contributed by atoms with Crippen molar-refractivity contribution in [3.05, 3.63) is 66.1 Å². The maximum Gasteiger partial charge on any atom is 0.332 e. The first kappa shape index (κ1) is 19.9. The van der Waals surface area contributed by atoms with Gasteiger partial charge in [-0.15, -0.1) is 0 Å². The molecule has 12 nitrogen and oxygen atoms in total. The Bertz CT molecular complexity index is 1290. The number of hydrazone groups is 1. The Morgan fingerprint density at radius 3 is 2.76 bits per heavy atom. The van der Waals surface area contributed by atoms with Gasteiger partial charge in [0.15, 0.2) is 11.2 Å². The van der Waals surface area contributed by atoms with E-state index in [0.717, 1.165) is 4.57 Å². The van der Waals surface area contributed by atoms with Crippen LogP contribution in [-0.2, 0) is 25.4 Å². The maximum absolute atomic E-state index is 12.3. The summed E-state index contributed by atoms with van der Waals surface area (Å²) in [6, 6.07) is 4.06. The lowest BCUT2D eigenvalue weighted by Gasteiger charge is -2.06. The fraction of sp³-hybridized carbons (Fsp3) is 0.188. The molecule has 0 spiro atoms. The molecule has 3 aromatic rings. The average Bonchev–Trinajstić information content (AvgIpc) is 3.09. The molecule has 2 aromatic heterocycles. The van der Waals surface area contributed by atoms with Crippen molar-refractivity contribution in [1.29, 1.82) is 0 Å². The van der Waals surface area contributed by atoms with Crippen LogP contribution < -0.4 is 16.7 Å². The van der Waals surface area contributed by atoms with E-state index in [1.165, 1.54) is 54.0 Å². The van der Waals surface area contributed by atoms with Crippen LogP contribution >= 0.6 is 11.6 Å². The van der Waals surface area contributed by atoms with E-state index in [0.29, 0.717) is 5.56 Å². The van der Waals surface area contributed by atoms with Crippen LogP contribution in [0, 0.1) is 10.1 Å². The number of hydrogen-bond acceptors (Lipinski definition) is 7. The minimum absolute atomic E-state index is 0.0147. The van der Waals surface area contributed by atoms with Crippen LogP contribution in [0.2, 0.25) is 5.02 Å². The van der Waals surface area contributed by atoms with E-state index in [4.69, 9.17) is 11.6 Å². The zero-order chi connectivity index (χ0) is 21.3. The molecule has 1 aromatic carbocycles. The second-order valence-corrected chi connectivity index (χ2v) is 6.42. The third-order valence-electron chi connectivity index (χ3n) is 4.10. The van der Waals surface area contributed by atoms with Gasteiger partial charge in [0.25, 0.3) is 17.2 Å². The van der Waals surface area contributed by atoms with Crippen LogP contribution in [0.25, 0.3) is 11.2 Å². The molecule has 2 heterocycles. The Kier molecular flexibility index (Phi) is 5.28. The van der Waals surface area contributed by atoms with Crippen molar-refractivity contribution in [2.75, 3.05) is 0 Å². The Morgan fingerprint density at radius 2 is 2.07 bits per heavy atom. The summed E-state index contributed by atoms with van der Waals surface area (Å²) in [5.74, 6) is -0.570. The number of rotatable bonds is 5. The van der Waals surface area contributed by atoms with Crippen LogP contribution in [0.15, 0.2) is 39.2 Å². The molecule has 0 unspecified atom stereocenters. The molecule has 0 saturated heterocycles. The maximum atomic E-state index is 12.3. The number of amides is 1. The number of nitro groups is 1. The van der Waals surface area contributed by atoms with Crippen LogP contribution in [0.3, 0.4) is 0 Å². The molecule has 1 amide bonds. The molecule has 29 heavy (non-hydrogen) atoms. The van der Waals surface area contributed by atoms with E-state index in [1.54, 1.807) is 0 Å². The summed E-state index contributed by atoms with van der Waals surface area (Å²) >= 11 is 5.73. The van der Waals surface area contributed by atoms with Gasteiger partial charge in [0.2, 0.25) is 0 Å². The van der Waals surface area contributed by atoms with E-state index in [1.807, 2.05) is 0 Å². The van der Waals surface area contributed by atoms with Crippen molar-refractivity contribution in [3.63, 3.8) is 0 Å². The van der Waals surface area contributed by atoms with E-state index in [2.05, 4.69) is 15.5 Å². The highest BCUT2D eigenvalue weighted by Gasteiger charge is 2.16. The molecule has 150 valence electrons. The number of hydrogen-bond donors (Lipinski definition) is 1. The molecule has 13 heteroatoms. The molecule has 0 radical (unpaired) electrons. The fourth-order valence-electron chi connectivity index (χ4n) is 2.64. The molecule has 0 aliphatic carbocycles. The molecular weight excluding hydrogens is 406 g/mol. The van der Waals surface area contributed by atoms with Gasteiger partial charge in [0, 0.05) is 25.7 Å². The summed E-state index contributed by atoms with van der Waals surface area (Å²) in [4.78, 5) is 50.7. The van der Waals surface area contributed by atoms with Crippen molar-refractivity contribution in [2.45, 2.75) is 6.54 Å². The van der Waals surface area contributed by atoms with E-state index >= 15 is 0 Å². The molecule has 0 aliphatic rings. The topological polar surface area (TPSA) is 146 Å². The molecule has 3 rings (SSSR count). The molecular formula is C16H14ClN7O5. The third kappa shape index (κ3) is 3.78. The highest BCUT2D eigenvalue weighted by Crippen LogP contribution is 2.24. The second-order valence-electron chi connectivity index (χ2n) is 6.01. The molecule has 1 N–H and O–H groups in total. The number of aromatic nitrogens is 4. The Balaban J connectivity index is 1.78. The van der Waals surface area contributed by atoms with Gasteiger partial charge in [-0.2, -0.15) is 5.10 Å². The smallest absolute Gasteiger partial charge is 0.315 e. The highest BCUT2D eigenvalue weighted by molar-refractivity contribution is 6.32. The number of nitrogens with one attached hydrogen (secondary N) is 1. The first-order chi connectivity index (χ1) is 13.7. The summed E-state index contributed by atoms with van der Waals surface area (Å²) in [5.41, 5.74) is 1.48. The summed E-state index contributed by atoms with van der Waals surface area (Å²) in [7, 11) is 2.80. The normalized spacial score (nSPS) is 11.3. The first-order valence-corrected chi connectivity index (χ1v) is 8.45. The summed E-state index contributed by atoms with van der Waals surface area (Å²) < 4.78 is 3.43. The number of nitro benzene ring substituents is 1. The van der Waals surface area contributed by atoms with Gasteiger partial charge >= 0.3 is 5.69 Å². The third-order valence-corrected chi connectivity index (χ3v) is 4.42. The lowest BCUT2D eigenvalue weighted by Crippen LogP contribution is -2.38. The second kappa shape index (κ2) is 7.67. The SMILES string of the molecule is Cn1c(=O)c2c(ncn2CC(=O)N/N=C\c2ccc(Cl)c([N+](=O)[O-])c2)n(C)c1=O. The van der Waals surface area contributed by atoms with Crippen LogP contribution in [0.5, 0.6) is 0 Å². The highest BCUT2D eigenvalue weighted by atomic mass is 35.5.